The molecule has 7 heteroatoms. The summed E-state index contributed by atoms with van der Waals surface area (Å²) in [6.07, 6.45) is 2.44. The van der Waals surface area contributed by atoms with Crippen LogP contribution in [-0.2, 0) is 13.0 Å². The highest BCUT2D eigenvalue weighted by atomic mass is 35.5. The summed E-state index contributed by atoms with van der Waals surface area (Å²) < 4.78 is 6.10. The van der Waals surface area contributed by atoms with Gasteiger partial charge in [0, 0.05) is 17.1 Å². The highest BCUT2D eigenvalue weighted by Crippen LogP contribution is 2.24. The molecule has 2 N–H and O–H groups in total. The average molecular weight is 448 g/mol. The molecule has 0 aliphatic rings. The first-order chi connectivity index (χ1) is 15.5. The molecule has 4 aromatic rings. The van der Waals surface area contributed by atoms with Gasteiger partial charge in [-0.2, -0.15) is 0 Å². The molecule has 4 rings (SSSR count). The Bertz CT molecular complexity index is 1380. The zero-order valence-corrected chi connectivity index (χ0v) is 18.5. The number of rotatable bonds is 5. The van der Waals surface area contributed by atoms with Crippen molar-refractivity contribution in [1.29, 1.82) is 0 Å². The summed E-state index contributed by atoms with van der Waals surface area (Å²) in [4.78, 5) is 22.2. The summed E-state index contributed by atoms with van der Waals surface area (Å²) in [6, 6.07) is 16.4. The van der Waals surface area contributed by atoms with Crippen LogP contribution in [0.3, 0.4) is 0 Å². The molecule has 2 aromatic heterocycles. The molecule has 0 radical (unpaired) electrons. The minimum absolute atomic E-state index is 0.148. The van der Waals surface area contributed by atoms with E-state index in [1.54, 1.807) is 43.5 Å². The van der Waals surface area contributed by atoms with Gasteiger partial charge in [-0.15, -0.1) is 0 Å². The molecule has 0 saturated carbocycles. The predicted molar refractivity (Wildman–Crippen MR) is 125 cm³/mol. The fraction of sp³-hybridized carbons (Fsp3) is 0.160. The first-order valence-electron chi connectivity index (χ1n) is 10.2. The topological polar surface area (TPSA) is 87.7 Å². The number of nitrogens with zero attached hydrogens (tertiary/aromatic N) is 2. The minimum Gasteiger partial charge on any atom is -0.436 e. The van der Waals surface area contributed by atoms with Gasteiger partial charge in [0.05, 0.1) is 28.7 Å². The first-order valence-corrected chi connectivity index (χ1v) is 10.6. The van der Waals surface area contributed by atoms with E-state index in [0.29, 0.717) is 38.6 Å². The molecule has 0 aliphatic carbocycles. The number of carbonyl (C=O) groups excluding carboxylic acids is 1. The highest BCUT2D eigenvalue weighted by molar-refractivity contribution is 6.33. The Morgan fingerprint density at radius 1 is 1.19 bits per heavy atom. The molecule has 1 amide bonds. The van der Waals surface area contributed by atoms with Crippen molar-refractivity contribution in [1.82, 2.24) is 4.98 Å². The van der Waals surface area contributed by atoms with E-state index in [1.807, 2.05) is 24.3 Å². The van der Waals surface area contributed by atoms with Crippen molar-refractivity contribution in [2.45, 2.75) is 26.9 Å². The second-order valence-corrected chi connectivity index (χ2v) is 7.71. The number of para-hydroxylation sites is 1. The highest BCUT2D eigenvalue weighted by Gasteiger charge is 2.17. The van der Waals surface area contributed by atoms with Gasteiger partial charge in [0.15, 0.2) is 5.58 Å². The van der Waals surface area contributed by atoms with Crippen LogP contribution >= 0.6 is 11.6 Å². The van der Waals surface area contributed by atoms with Gasteiger partial charge in [0.1, 0.15) is 5.56 Å². The van der Waals surface area contributed by atoms with Gasteiger partial charge in [-0.1, -0.05) is 42.8 Å². The lowest BCUT2D eigenvalue weighted by atomic mass is 10.1. The summed E-state index contributed by atoms with van der Waals surface area (Å²) in [6.45, 7) is 3.63. The summed E-state index contributed by atoms with van der Waals surface area (Å²) in [7, 11) is 0. The molecular weight excluding hydrogens is 426 g/mol. The summed E-state index contributed by atoms with van der Waals surface area (Å²) >= 11 is 6.22. The third-order valence-electron chi connectivity index (χ3n) is 5.14. The largest absolute Gasteiger partial charge is 0.436 e. The van der Waals surface area contributed by atoms with Gasteiger partial charge < -0.3 is 14.8 Å². The smallest absolute Gasteiger partial charge is 0.261 e. The molecule has 0 saturated heterocycles. The first kappa shape index (κ1) is 21.7. The van der Waals surface area contributed by atoms with E-state index in [0.717, 1.165) is 12.0 Å². The number of aromatic nitrogens is 1. The Balaban J connectivity index is 1.94. The molecule has 0 atom stereocenters. The van der Waals surface area contributed by atoms with Crippen molar-refractivity contribution in [3.05, 3.63) is 93.8 Å². The standard InChI is InChI=1S/C25H22ClN3O3/c1-3-16-7-6-8-18(11-16)28-25-20(24(31)29-22-10-5-4-9-21(22)26)12-19-17(14-30)13-27-15(2)23(19)32-25/h4-13,30H,3,14H2,1-2H3,(H,29,31). The molecule has 162 valence electrons. The minimum atomic E-state index is -0.424. The van der Waals surface area contributed by atoms with E-state index in [9.17, 15) is 9.90 Å². The van der Waals surface area contributed by atoms with Crippen molar-refractivity contribution >= 4 is 39.9 Å². The summed E-state index contributed by atoms with van der Waals surface area (Å²) in [5.74, 6) is -0.424. The maximum absolute atomic E-state index is 13.3. The van der Waals surface area contributed by atoms with Crippen LogP contribution < -0.4 is 10.9 Å². The number of carbonyl (C=O) groups is 1. The number of hydrogen-bond acceptors (Lipinski definition) is 5. The van der Waals surface area contributed by atoms with Gasteiger partial charge in [-0.3, -0.25) is 9.78 Å². The van der Waals surface area contributed by atoms with Crippen LogP contribution in [0, 0.1) is 6.92 Å². The van der Waals surface area contributed by atoms with E-state index in [1.165, 1.54) is 0 Å². The fourth-order valence-electron chi connectivity index (χ4n) is 3.38. The average Bonchev–Trinajstić information content (AvgIpc) is 2.81. The van der Waals surface area contributed by atoms with Crippen LogP contribution in [0.25, 0.3) is 11.0 Å². The quantitative estimate of drug-likeness (QED) is 0.433. The Labute approximate surface area is 190 Å². The number of aliphatic hydroxyl groups is 1. The van der Waals surface area contributed by atoms with E-state index in [-0.39, 0.29) is 17.7 Å². The number of hydrogen-bond donors (Lipinski definition) is 2. The molecule has 0 spiro atoms. The number of anilines is 1. The van der Waals surface area contributed by atoms with E-state index in [4.69, 9.17) is 16.0 Å². The summed E-state index contributed by atoms with van der Waals surface area (Å²) in [5, 5.41) is 13.6. The molecule has 32 heavy (non-hydrogen) atoms. The van der Waals surface area contributed by atoms with Crippen molar-refractivity contribution in [2.24, 2.45) is 4.99 Å². The number of pyridine rings is 1. The van der Waals surface area contributed by atoms with Gasteiger partial charge >= 0.3 is 0 Å². The number of amides is 1. The predicted octanol–water partition coefficient (Wildman–Crippen LogP) is 5.33. The Hall–Kier alpha value is -3.48. The third-order valence-corrected chi connectivity index (χ3v) is 5.47. The van der Waals surface area contributed by atoms with Gasteiger partial charge in [0.25, 0.3) is 5.91 Å². The lowest BCUT2D eigenvalue weighted by Crippen LogP contribution is -2.22. The molecule has 2 heterocycles. The Morgan fingerprint density at radius 3 is 2.75 bits per heavy atom. The van der Waals surface area contributed by atoms with E-state index in [2.05, 4.69) is 22.2 Å². The number of halogens is 1. The zero-order chi connectivity index (χ0) is 22.7. The number of benzene rings is 2. The van der Waals surface area contributed by atoms with Crippen LogP contribution in [0.2, 0.25) is 5.02 Å². The monoisotopic (exact) mass is 447 g/mol. The van der Waals surface area contributed by atoms with E-state index >= 15 is 0 Å². The number of nitrogens with one attached hydrogen (secondary N) is 1. The maximum Gasteiger partial charge on any atom is 0.261 e. The molecule has 2 aromatic carbocycles. The SMILES string of the molecule is CCc1cccc(N=c2oc3c(C)ncc(CO)c3cc2C(=O)Nc2ccccc2Cl)c1. The van der Waals surface area contributed by atoms with Gasteiger partial charge in [-0.05, 0) is 49.2 Å². The van der Waals surface area contributed by atoms with Crippen molar-refractivity contribution in [3.63, 3.8) is 0 Å². The van der Waals surface area contributed by atoms with Crippen LogP contribution in [0.5, 0.6) is 0 Å². The number of aliphatic hydroxyl groups excluding tert-OH is 1. The van der Waals surface area contributed by atoms with Crippen molar-refractivity contribution in [2.75, 3.05) is 5.32 Å². The maximum atomic E-state index is 13.3. The number of fused-ring (bicyclic) bond motifs is 1. The third kappa shape index (κ3) is 4.42. The van der Waals surface area contributed by atoms with Crippen LogP contribution in [0.4, 0.5) is 11.4 Å². The van der Waals surface area contributed by atoms with Crippen molar-refractivity contribution < 1.29 is 14.3 Å². The molecule has 0 unspecified atom stereocenters. The van der Waals surface area contributed by atoms with Crippen LogP contribution in [0.1, 0.15) is 34.1 Å². The summed E-state index contributed by atoms with van der Waals surface area (Å²) in [5.41, 5.74) is 4.30. The number of aryl methyl sites for hydroxylation is 2. The second kappa shape index (κ2) is 9.34. The Kier molecular flexibility index (Phi) is 6.35. The molecular formula is C25H22ClN3O3. The van der Waals surface area contributed by atoms with Crippen LogP contribution in [0.15, 0.2) is 70.2 Å². The molecule has 6 nitrogen and oxygen atoms in total. The van der Waals surface area contributed by atoms with Crippen molar-refractivity contribution in [3.8, 4) is 0 Å². The lowest BCUT2D eigenvalue weighted by Gasteiger charge is -2.10. The van der Waals surface area contributed by atoms with Gasteiger partial charge in [0.2, 0.25) is 5.55 Å². The molecule has 0 aliphatic heterocycles. The van der Waals surface area contributed by atoms with Crippen LogP contribution in [-0.4, -0.2) is 16.0 Å². The van der Waals surface area contributed by atoms with E-state index < -0.39 is 5.91 Å². The molecule has 0 bridgehead atoms. The second-order valence-electron chi connectivity index (χ2n) is 7.30. The fourth-order valence-corrected chi connectivity index (χ4v) is 3.56. The lowest BCUT2D eigenvalue weighted by molar-refractivity contribution is 0.102. The zero-order valence-electron chi connectivity index (χ0n) is 17.7. The Morgan fingerprint density at radius 2 is 2.00 bits per heavy atom. The molecule has 0 fully saturated rings. The normalized spacial score (nSPS) is 11.7. The van der Waals surface area contributed by atoms with Gasteiger partial charge in [-0.25, -0.2) is 4.99 Å².